The van der Waals surface area contributed by atoms with Crippen molar-refractivity contribution in [2.75, 3.05) is 26.8 Å². The SMILES string of the molecule is C[C@@H](N(C)CC1OCCO1)[C@](O)(Cn1cncn1)c1ccc(F)cc1F. The molecule has 0 bridgehead atoms. The van der Waals surface area contributed by atoms with Gasteiger partial charge in [0.05, 0.1) is 19.8 Å². The van der Waals surface area contributed by atoms with E-state index in [1.54, 1.807) is 14.0 Å². The molecule has 1 saturated heterocycles. The maximum Gasteiger partial charge on any atom is 0.170 e. The van der Waals surface area contributed by atoms with Gasteiger partial charge in [-0.15, -0.1) is 0 Å². The lowest BCUT2D eigenvalue weighted by Gasteiger charge is -2.40. The van der Waals surface area contributed by atoms with Crippen molar-refractivity contribution in [3.05, 3.63) is 48.1 Å². The van der Waals surface area contributed by atoms with Crippen molar-refractivity contribution < 1.29 is 23.4 Å². The molecule has 0 unspecified atom stereocenters. The molecular formula is C17H22F2N4O3. The molecule has 2 atom stereocenters. The Hall–Kier alpha value is -1.94. The van der Waals surface area contributed by atoms with E-state index in [1.165, 1.54) is 23.4 Å². The van der Waals surface area contributed by atoms with Gasteiger partial charge in [0.1, 0.15) is 29.9 Å². The molecule has 3 rings (SSSR count). The second-order valence-corrected chi connectivity index (χ2v) is 6.43. The average Bonchev–Trinajstić information content (AvgIpc) is 3.27. The molecule has 1 aliphatic heterocycles. The van der Waals surface area contributed by atoms with E-state index in [2.05, 4.69) is 10.1 Å². The van der Waals surface area contributed by atoms with Gasteiger partial charge in [-0.05, 0) is 20.0 Å². The molecule has 2 aromatic rings. The highest BCUT2D eigenvalue weighted by Gasteiger charge is 2.41. The van der Waals surface area contributed by atoms with Crippen molar-refractivity contribution in [2.24, 2.45) is 0 Å². The van der Waals surface area contributed by atoms with Gasteiger partial charge in [0.15, 0.2) is 6.29 Å². The predicted octanol–water partition coefficient (Wildman–Crippen LogP) is 1.14. The number of likely N-dealkylation sites (N-methyl/N-ethyl adjacent to an activating group) is 1. The first-order chi connectivity index (χ1) is 12.4. The van der Waals surface area contributed by atoms with E-state index >= 15 is 0 Å². The van der Waals surface area contributed by atoms with Gasteiger partial charge in [-0.3, -0.25) is 4.90 Å². The second kappa shape index (κ2) is 7.75. The van der Waals surface area contributed by atoms with Crippen LogP contribution in [0.3, 0.4) is 0 Å². The molecule has 26 heavy (non-hydrogen) atoms. The monoisotopic (exact) mass is 368 g/mol. The summed E-state index contributed by atoms with van der Waals surface area (Å²) in [5.41, 5.74) is -1.69. The molecule has 1 aromatic carbocycles. The molecule has 0 amide bonds. The summed E-state index contributed by atoms with van der Waals surface area (Å²) in [4.78, 5) is 5.67. The van der Waals surface area contributed by atoms with Crippen LogP contribution >= 0.6 is 0 Å². The Morgan fingerprint density at radius 1 is 1.38 bits per heavy atom. The number of halogens is 2. The summed E-state index contributed by atoms with van der Waals surface area (Å²) in [6.45, 7) is 3.14. The van der Waals surface area contributed by atoms with E-state index in [0.717, 1.165) is 12.1 Å². The average molecular weight is 368 g/mol. The normalized spacial score (nSPS) is 19.0. The Morgan fingerprint density at radius 2 is 2.12 bits per heavy atom. The first kappa shape index (κ1) is 18.8. The van der Waals surface area contributed by atoms with E-state index in [9.17, 15) is 13.9 Å². The smallest absolute Gasteiger partial charge is 0.170 e. The Kier molecular flexibility index (Phi) is 5.61. The zero-order valence-corrected chi connectivity index (χ0v) is 14.7. The van der Waals surface area contributed by atoms with Crippen molar-refractivity contribution in [1.82, 2.24) is 19.7 Å². The Balaban J connectivity index is 1.90. The number of benzene rings is 1. The lowest BCUT2D eigenvalue weighted by Crippen LogP contribution is -2.52. The van der Waals surface area contributed by atoms with Crippen LogP contribution < -0.4 is 0 Å². The third kappa shape index (κ3) is 3.90. The molecular weight excluding hydrogens is 346 g/mol. The number of nitrogens with zero attached hydrogens (tertiary/aromatic N) is 4. The topological polar surface area (TPSA) is 72.6 Å². The molecule has 0 radical (unpaired) electrons. The van der Waals surface area contributed by atoms with Crippen LogP contribution in [0.5, 0.6) is 0 Å². The van der Waals surface area contributed by atoms with E-state index in [-0.39, 0.29) is 12.1 Å². The molecule has 1 fully saturated rings. The van der Waals surface area contributed by atoms with Crippen molar-refractivity contribution in [1.29, 1.82) is 0 Å². The summed E-state index contributed by atoms with van der Waals surface area (Å²) in [7, 11) is 1.78. The van der Waals surface area contributed by atoms with Crippen LogP contribution in [0.2, 0.25) is 0 Å². The fourth-order valence-electron chi connectivity index (χ4n) is 3.11. The summed E-state index contributed by atoms with van der Waals surface area (Å²) in [6, 6.07) is 2.59. The highest BCUT2D eigenvalue weighted by Crippen LogP contribution is 2.32. The van der Waals surface area contributed by atoms with E-state index in [0.29, 0.717) is 19.8 Å². The largest absolute Gasteiger partial charge is 0.381 e. The third-order valence-corrected chi connectivity index (χ3v) is 4.75. The summed E-state index contributed by atoms with van der Waals surface area (Å²) >= 11 is 0. The van der Waals surface area contributed by atoms with Gasteiger partial charge >= 0.3 is 0 Å². The Labute approximate surface area is 150 Å². The minimum absolute atomic E-state index is 0.0120. The number of aromatic nitrogens is 3. The summed E-state index contributed by atoms with van der Waals surface area (Å²) < 4.78 is 40.1. The van der Waals surface area contributed by atoms with E-state index in [1.807, 2.05) is 4.90 Å². The molecule has 0 spiro atoms. The van der Waals surface area contributed by atoms with Crippen LogP contribution in [0.4, 0.5) is 8.78 Å². The van der Waals surface area contributed by atoms with Gasteiger partial charge in [0, 0.05) is 24.2 Å². The van der Waals surface area contributed by atoms with Gasteiger partial charge < -0.3 is 14.6 Å². The first-order valence-corrected chi connectivity index (χ1v) is 8.34. The molecule has 0 aliphatic carbocycles. The van der Waals surface area contributed by atoms with Crippen LogP contribution in [0.1, 0.15) is 12.5 Å². The summed E-state index contributed by atoms with van der Waals surface area (Å²) in [5.74, 6) is -1.52. The van der Waals surface area contributed by atoms with Crippen LogP contribution in [-0.2, 0) is 21.6 Å². The maximum absolute atomic E-state index is 14.5. The lowest BCUT2D eigenvalue weighted by molar-refractivity contribution is -0.0992. The number of hydrogen-bond acceptors (Lipinski definition) is 6. The van der Waals surface area contributed by atoms with E-state index < -0.39 is 29.6 Å². The minimum Gasteiger partial charge on any atom is -0.381 e. The zero-order chi connectivity index (χ0) is 18.7. The summed E-state index contributed by atoms with van der Waals surface area (Å²) in [6.07, 6.45) is 2.36. The van der Waals surface area contributed by atoms with Gasteiger partial charge in [-0.25, -0.2) is 18.4 Å². The predicted molar refractivity (Wildman–Crippen MR) is 88.1 cm³/mol. The fourth-order valence-corrected chi connectivity index (χ4v) is 3.11. The first-order valence-electron chi connectivity index (χ1n) is 8.34. The van der Waals surface area contributed by atoms with Gasteiger partial charge in [0.2, 0.25) is 0 Å². The minimum atomic E-state index is -1.68. The highest BCUT2D eigenvalue weighted by molar-refractivity contribution is 5.27. The number of hydrogen-bond donors (Lipinski definition) is 1. The highest BCUT2D eigenvalue weighted by atomic mass is 19.1. The lowest BCUT2D eigenvalue weighted by atomic mass is 9.85. The molecule has 9 heteroatoms. The van der Waals surface area contributed by atoms with Crippen LogP contribution in [0.15, 0.2) is 30.9 Å². The molecule has 1 aliphatic rings. The van der Waals surface area contributed by atoms with Crippen molar-refractivity contribution in [2.45, 2.75) is 31.4 Å². The van der Waals surface area contributed by atoms with Crippen LogP contribution in [0, 0.1) is 11.6 Å². The maximum atomic E-state index is 14.5. The third-order valence-electron chi connectivity index (χ3n) is 4.75. The van der Waals surface area contributed by atoms with Crippen molar-refractivity contribution in [3.8, 4) is 0 Å². The second-order valence-electron chi connectivity index (χ2n) is 6.43. The molecule has 7 nitrogen and oxygen atoms in total. The molecule has 2 heterocycles. The van der Waals surface area contributed by atoms with Crippen molar-refractivity contribution >= 4 is 0 Å². The van der Waals surface area contributed by atoms with Gasteiger partial charge in [-0.2, -0.15) is 5.10 Å². The zero-order valence-electron chi connectivity index (χ0n) is 14.7. The Bertz CT molecular complexity index is 725. The molecule has 1 aromatic heterocycles. The van der Waals surface area contributed by atoms with Crippen LogP contribution in [0.25, 0.3) is 0 Å². The van der Waals surface area contributed by atoms with Gasteiger partial charge in [0.25, 0.3) is 0 Å². The quantitative estimate of drug-likeness (QED) is 0.790. The molecule has 1 N–H and O–H groups in total. The number of ether oxygens (including phenoxy) is 2. The fraction of sp³-hybridized carbons (Fsp3) is 0.529. The Morgan fingerprint density at radius 3 is 2.73 bits per heavy atom. The summed E-state index contributed by atoms with van der Waals surface area (Å²) in [5, 5.41) is 15.5. The standard InChI is InChI=1S/C17H22F2N4O3/c1-12(22(2)8-16-25-5-6-26-16)17(24,9-23-11-20-10-21-23)14-4-3-13(18)7-15(14)19/h3-4,7,10-12,16,24H,5-6,8-9H2,1-2H3/t12-,17-/m1/s1. The van der Waals surface area contributed by atoms with Crippen molar-refractivity contribution in [3.63, 3.8) is 0 Å². The number of rotatable bonds is 7. The molecule has 142 valence electrons. The molecule has 0 saturated carbocycles. The van der Waals surface area contributed by atoms with E-state index in [4.69, 9.17) is 9.47 Å². The van der Waals surface area contributed by atoms with Crippen LogP contribution in [-0.4, -0.2) is 63.9 Å². The number of aliphatic hydroxyl groups is 1. The van der Waals surface area contributed by atoms with Gasteiger partial charge in [-0.1, -0.05) is 6.07 Å².